The van der Waals surface area contributed by atoms with E-state index in [1.165, 1.54) is 51.9 Å². The van der Waals surface area contributed by atoms with Crippen LogP contribution >= 0.6 is 0 Å². The summed E-state index contributed by atoms with van der Waals surface area (Å²) < 4.78 is 0. The van der Waals surface area contributed by atoms with Gasteiger partial charge in [-0.2, -0.15) is 0 Å². The van der Waals surface area contributed by atoms with Gasteiger partial charge in [-0.25, -0.2) is 0 Å². The van der Waals surface area contributed by atoms with Crippen LogP contribution in [0.5, 0.6) is 0 Å². The van der Waals surface area contributed by atoms with Crippen LogP contribution < -0.4 is 5.32 Å². The quantitative estimate of drug-likeness (QED) is 0.767. The van der Waals surface area contributed by atoms with Gasteiger partial charge in [-0.3, -0.25) is 0 Å². The maximum atomic E-state index is 3.47. The monoisotopic (exact) mass is 210 g/mol. The fraction of sp³-hybridized carbons (Fsp3) is 1.00. The van der Waals surface area contributed by atoms with E-state index in [2.05, 4.69) is 24.1 Å². The van der Waals surface area contributed by atoms with E-state index in [0.717, 1.165) is 17.9 Å². The van der Waals surface area contributed by atoms with Crippen molar-refractivity contribution in [3.63, 3.8) is 0 Å². The average molecular weight is 210 g/mol. The molecule has 2 nitrogen and oxygen atoms in total. The molecule has 0 saturated carbocycles. The molecule has 0 aromatic heterocycles. The second kappa shape index (κ2) is 5.31. The van der Waals surface area contributed by atoms with Crippen molar-refractivity contribution in [1.29, 1.82) is 0 Å². The van der Waals surface area contributed by atoms with Gasteiger partial charge < -0.3 is 10.2 Å². The van der Waals surface area contributed by atoms with Crippen LogP contribution in [0.2, 0.25) is 0 Å². The van der Waals surface area contributed by atoms with Gasteiger partial charge >= 0.3 is 0 Å². The van der Waals surface area contributed by atoms with Gasteiger partial charge in [0.2, 0.25) is 0 Å². The van der Waals surface area contributed by atoms with E-state index in [-0.39, 0.29) is 0 Å². The SMILES string of the molecule is CCC(C)N1CCC(C2CCNCC2)C1. The molecule has 2 heterocycles. The van der Waals surface area contributed by atoms with Crippen LogP contribution in [0.25, 0.3) is 0 Å². The zero-order chi connectivity index (χ0) is 10.7. The van der Waals surface area contributed by atoms with Gasteiger partial charge in [0.25, 0.3) is 0 Å². The van der Waals surface area contributed by atoms with Crippen molar-refractivity contribution in [2.45, 2.75) is 45.6 Å². The molecule has 0 bridgehead atoms. The molecule has 88 valence electrons. The van der Waals surface area contributed by atoms with E-state index >= 15 is 0 Å². The molecule has 0 spiro atoms. The van der Waals surface area contributed by atoms with Gasteiger partial charge in [-0.15, -0.1) is 0 Å². The summed E-state index contributed by atoms with van der Waals surface area (Å²) in [6.45, 7) is 9.92. The minimum atomic E-state index is 0.803. The molecule has 0 aliphatic carbocycles. The third kappa shape index (κ3) is 2.73. The second-order valence-electron chi connectivity index (χ2n) is 5.39. The minimum absolute atomic E-state index is 0.803. The highest BCUT2D eigenvalue weighted by Crippen LogP contribution is 2.31. The van der Waals surface area contributed by atoms with Crippen molar-refractivity contribution in [1.82, 2.24) is 10.2 Å². The van der Waals surface area contributed by atoms with Gasteiger partial charge in [-0.05, 0) is 64.1 Å². The summed E-state index contributed by atoms with van der Waals surface area (Å²) in [4.78, 5) is 2.70. The smallest absolute Gasteiger partial charge is 0.00644 e. The summed E-state index contributed by atoms with van der Waals surface area (Å²) in [6, 6.07) is 0.803. The molecule has 1 N–H and O–H groups in total. The fourth-order valence-electron chi connectivity index (χ4n) is 3.17. The molecule has 2 rings (SSSR count). The summed E-state index contributed by atoms with van der Waals surface area (Å²) in [7, 11) is 0. The lowest BCUT2D eigenvalue weighted by Crippen LogP contribution is -2.34. The number of piperidine rings is 1. The molecule has 2 aliphatic rings. The van der Waals surface area contributed by atoms with E-state index in [1.54, 1.807) is 0 Å². The van der Waals surface area contributed by atoms with E-state index in [1.807, 2.05) is 0 Å². The highest BCUT2D eigenvalue weighted by molar-refractivity contribution is 4.85. The summed E-state index contributed by atoms with van der Waals surface area (Å²) in [5, 5.41) is 3.47. The van der Waals surface area contributed by atoms with Crippen LogP contribution in [0.3, 0.4) is 0 Å². The minimum Gasteiger partial charge on any atom is -0.317 e. The van der Waals surface area contributed by atoms with Crippen molar-refractivity contribution in [3.05, 3.63) is 0 Å². The first-order chi connectivity index (χ1) is 7.31. The molecule has 15 heavy (non-hydrogen) atoms. The molecule has 0 radical (unpaired) electrons. The zero-order valence-electron chi connectivity index (χ0n) is 10.3. The van der Waals surface area contributed by atoms with Gasteiger partial charge in [0, 0.05) is 12.6 Å². The lowest BCUT2D eigenvalue weighted by atomic mass is 9.84. The van der Waals surface area contributed by atoms with Gasteiger partial charge in [0.05, 0.1) is 0 Å². The molecule has 2 saturated heterocycles. The standard InChI is InChI=1S/C13H26N2/c1-3-11(2)15-9-6-13(10-15)12-4-7-14-8-5-12/h11-14H,3-10H2,1-2H3. The molecule has 2 fully saturated rings. The summed E-state index contributed by atoms with van der Waals surface area (Å²) >= 11 is 0. The van der Waals surface area contributed by atoms with Crippen LogP contribution in [0, 0.1) is 11.8 Å². The van der Waals surface area contributed by atoms with E-state index in [0.29, 0.717) is 0 Å². The maximum Gasteiger partial charge on any atom is 0.00644 e. The maximum absolute atomic E-state index is 3.47. The number of hydrogen-bond acceptors (Lipinski definition) is 2. The molecule has 2 heteroatoms. The predicted molar refractivity (Wildman–Crippen MR) is 65.0 cm³/mol. The average Bonchev–Trinajstić information content (AvgIpc) is 2.78. The van der Waals surface area contributed by atoms with Gasteiger partial charge in [-0.1, -0.05) is 6.92 Å². The van der Waals surface area contributed by atoms with E-state index < -0.39 is 0 Å². The number of hydrogen-bond donors (Lipinski definition) is 1. The lowest BCUT2D eigenvalue weighted by Gasteiger charge is -2.29. The highest BCUT2D eigenvalue weighted by atomic mass is 15.2. The largest absolute Gasteiger partial charge is 0.317 e. The molecular weight excluding hydrogens is 184 g/mol. The highest BCUT2D eigenvalue weighted by Gasteiger charge is 2.31. The summed E-state index contributed by atoms with van der Waals surface area (Å²) in [6.07, 6.45) is 5.59. The first-order valence-electron chi connectivity index (χ1n) is 6.76. The number of likely N-dealkylation sites (tertiary alicyclic amines) is 1. The molecule has 2 aliphatic heterocycles. The number of nitrogens with one attached hydrogen (secondary N) is 1. The van der Waals surface area contributed by atoms with Crippen LogP contribution in [-0.4, -0.2) is 37.1 Å². The van der Waals surface area contributed by atoms with E-state index in [9.17, 15) is 0 Å². The Hall–Kier alpha value is -0.0800. The van der Waals surface area contributed by atoms with E-state index in [4.69, 9.17) is 0 Å². The normalized spacial score (nSPS) is 32.0. The van der Waals surface area contributed by atoms with Crippen molar-refractivity contribution < 1.29 is 0 Å². The summed E-state index contributed by atoms with van der Waals surface area (Å²) in [5.41, 5.74) is 0. The number of rotatable bonds is 3. The van der Waals surface area contributed by atoms with Crippen molar-refractivity contribution in [3.8, 4) is 0 Å². The molecular formula is C13H26N2. The Morgan fingerprint density at radius 2 is 1.93 bits per heavy atom. The Morgan fingerprint density at radius 3 is 2.60 bits per heavy atom. The molecule has 0 aromatic carbocycles. The van der Waals surface area contributed by atoms with Crippen LogP contribution in [-0.2, 0) is 0 Å². The second-order valence-corrected chi connectivity index (χ2v) is 5.39. The Balaban J connectivity index is 1.80. The molecule has 2 atom stereocenters. The van der Waals surface area contributed by atoms with Crippen LogP contribution in [0.1, 0.15) is 39.5 Å². The Morgan fingerprint density at radius 1 is 1.20 bits per heavy atom. The third-order valence-electron chi connectivity index (χ3n) is 4.52. The van der Waals surface area contributed by atoms with Gasteiger partial charge in [0.15, 0.2) is 0 Å². The molecule has 2 unspecified atom stereocenters. The fourth-order valence-corrected chi connectivity index (χ4v) is 3.17. The third-order valence-corrected chi connectivity index (χ3v) is 4.52. The zero-order valence-corrected chi connectivity index (χ0v) is 10.3. The van der Waals surface area contributed by atoms with Crippen molar-refractivity contribution >= 4 is 0 Å². The Kier molecular flexibility index (Phi) is 4.04. The van der Waals surface area contributed by atoms with Crippen molar-refractivity contribution in [2.75, 3.05) is 26.2 Å². The predicted octanol–water partition coefficient (Wildman–Crippen LogP) is 2.11. The first-order valence-corrected chi connectivity index (χ1v) is 6.76. The lowest BCUT2D eigenvalue weighted by molar-refractivity contribution is 0.211. The topological polar surface area (TPSA) is 15.3 Å². The number of nitrogens with zero attached hydrogens (tertiary/aromatic N) is 1. The molecule has 0 amide bonds. The van der Waals surface area contributed by atoms with Gasteiger partial charge in [0.1, 0.15) is 0 Å². The summed E-state index contributed by atoms with van der Waals surface area (Å²) in [5.74, 6) is 2.02. The Labute approximate surface area is 94.4 Å². The Bertz CT molecular complexity index is 187. The van der Waals surface area contributed by atoms with Crippen LogP contribution in [0.4, 0.5) is 0 Å². The van der Waals surface area contributed by atoms with Crippen molar-refractivity contribution in [2.24, 2.45) is 11.8 Å². The first kappa shape index (κ1) is 11.4. The molecule has 0 aromatic rings. The van der Waals surface area contributed by atoms with Crippen LogP contribution in [0.15, 0.2) is 0 Å².